The predicted molar refractivity (Wildman–Crippen MR) is 182 cm³/mol. The lowest BCUT2D eigenvalue weighted by atomic mass is 9.48. The standard InChI is InChI=1S/2C21H28O2/c2*1-13(22)17-6-7-18-16-5-4-14-12-15(23)8-10-20(14,2)19(16)9-11-21(17,18)3/h2*4-5,12,16-19H,6-11H2,1-3H3/t2*16-,17+,18-,19+,20+,21+/m00/s1. The van der Waals surface area contributed by atoms with Gasteiger partial charge in [-0.25, -0.2) is 0 Å². The molecule has 12 atom stereocenters. The van der Waals surface area contributed by atoms with Gasteiger partial charge in [-0.2, -0.15) is 0 Å². The highest BCUT2D eigenvalue weighted by Crippen LogP contribution is 2.66. The zero-order valence-corrected chi connectivity index (χ0v) is 29.2. The molecular weight excluding hydrogens is 568 g/mol. The molecule has 8 aliphatic rings. The molecule has 0 unspecified atom stereocenters. The van der Waals surface area contributed by atoms with Gasteiger partial charge in [0.2, 0.25) is 0 Å². The molecule has 0 aromatic heterocycles. The number of fused-ring (bicyclic) bond motifs is 10. The number of carbonyl (C=O) groups excluding carboxylic acids is 4. The van der Waals surface area contributed by atoms with Gasteiger partial charge in [0, 0.05) is 24.7 Å². The Balaban J connectivity index is 0.000000147. The molecule has 8 rings (SSSR count). The summed E-state index contributed by atoms with van der Waals surface area (Å²) in [7, 11) is 0. The fraction of sp³-hybridized carbons (Fsp3) is 0.714. The molecule has 4 saturated carbocycles. The lowest BCUT2D eigenvalue weighted by Gasteiger charge is -2.55. The van der Waals surface area contributed by atoms with E-state index in [1.165, 1.54) is 49.7 Å². The van der Waals surface area contributed by atoms with Crippen LogP contribution in [0, 0.1) is 69.0 Å². The van der Waals surface area contributed by atoms with Crippen molar-refractivity contribution in [2.24, 2.45) is 69.0 Å². The van der Waals surface area contributed by atoms with E-state index >= 15 is 0 Å². The summed E-state index contributed by atoms with van der Waals surface area (Å²) in [5, 5.41) is 0. The Labute approximate surface area is 277 Å². The number of carbonyl (C=O) groups is 4. The van der Waals surface area contributed by atoms with Gasteiger partial charge in [-0.3, -0.25) is 19.2 Å². The molecule has 4 fully saturated rings. The van der Waals surface area contributed by atoms with Gasteiger partial charge >= 0.3 is 0 Å². The van der Waals surface area contributed by atoms with Crippen LogP contribution in [0.2, 0.25) is 0 Å². The quantitative estimate of drug-likeness (QED) is 0.308. The number of rotatable bonds is 2. The van der Waals surface area contributed by atoms with Crippen molar-refractivity contribution >= 4 is 23.1 Å². The van der Waals surface area contributed by atoms with Crippen molar-refractivity contribution in [3.05, 3.63) is 47.6 Å². The van der Waals surface area contributed by atoms with E-state index in [1.54, 1.807) is 13.8 Å². The monoisotopic (exact) mass is 624 g/mol. The van der Waals surface area contributed by atoms with E-state index in [-0.39, 0.29) is 33.5 Å². The summed E-state index contributed by atoms with van der Waals surface area (Å²) in [5.41, 5.74) is 3.25. The molecule has 0 aliphatic heterocycles. The first-order valence-electron chi connectivity index (χ1n) is 18.6. The lowest BCUT2D eigenvalue weighted by molar-refractivity contribution is -0.127. The van der Waals surface area contributed by atoms with Crippen LogP contribution in [-0.2, 0) is 19.2 Å². The van der Waals surface area contributed by atoms with Crippen molar-refractivity contribution < 1.29 is 19.2 Å². The van der Waals surface area contributed by atoms with Gasteiger partial charge < -0.3 is 0 Å². The third-order valence-electron chi connectivity index (χ3n) is 16.0. The van der Waals surface area contributed by atoms with Crippen LogP contribution in [0.3, 0.4) is 0 Å². The highest BCUT2D eigenvalue weighted by Gasteiger charge is 2.60. The van der Waals surface area contributed by atoms with Crippen molar-refractivity contribution in [2.45, 2.75) is 119 Å². The lowest BCUT2D eigenvalue weighted by Crippen LogP contribution is -2.49. The van der Waals surface area contributed by atoms with Gasteiger partial charge in [-0.1, -0.05) is 52.0 Å². The second kappa shape index (κ2) is 11.1. The van der Waals surface area contributed by atoms with Crippen LogP contribution in [0.4, 0.5) is 0 Å². The number of hydrogen-bond acceptors (Lipinski definition) is 4. The minimum Gasteiger partial charge on any atom is -0.300 e. The van der Waals surface area contributed by atoms with Crippen LogP contribution in [-0.4, -0.2) is 23.1 Å². The number of hydrogen-bond donors (Lipinski definition) is 0. The molecular formula is C42H56O4. The Morgan fingerprint density at radius 1 is 0.565 bits per heavy atom. The summed E-state index contributed by atoms with van der Waals surface area (Å²) in [6.45, 7) is 13.1. The minimum atomic E-state index is 0.170. The molecule has 4 heteroatoms. The van der Waals surface area contributed by atoms with Crippen LogP contribution in [0.15, 0.2) is 47.6 Å². The van der Waals surface area contributed by atoms with E-state index in [1.807, 2.05) is 12.2 Å². The first kappa shape index (κ1) is 32.2. The molecule has 248 valence electrons. The highest BCUT2D eigenvalue weighted by molar-refractivity contribution is 5.93. The van der Waals surface area contributed by atoms with Gasteiger partial charge in [-0.05, 0) is 159 Å². The summed E-state index contributed by atoms with van der Waals surface area (Å²) >= 11 is 0. The molecule has 4 nitrogen and oxygen atoms in total. The van der Waals surface area contributed by atoms with E-state index in [9.17, 15) is 19.2 Å². The van der Waals surface area contributed by atoms with E-state index < -0.39 is 0 Å². The van der Waals surface area contributed by atoms with E-state index in [0.29, 0.717) is 71.5 Å². The predicted octanol–water partition coefficient (Wildman–Crippen LogP) is 9.00. The topological polar surface area (TPSA) is 68.3 Å². The average molecular weight is 625 g/mol. The zero-order chi connectivity index (χ0) is 32.8. The van der Waals surface area contributed by atoms with Gasteiger partial charge in [0.25, 0.3) is 0 Å². The smallest absolute Gasteiger partial charge is 0.156 e. The van der Waals surface area contributed by atoms with Crippen LogP contribution in [0.5, 0.6) is 0 Å². The van der Waals surface area contributed by atoms with Gasteiger partial charge in [0.05, 0.1) is 0 Å². The maximum atomic E-state index is 12.1. The summed E-state index contributed by atoms with van der Waals surface area (Å²) in [6.07, 6.45) is 25.8. The first-order valence-corrected chi connectivity index (χ1v) is 18.6. The Hall–Kier alpha value is -2.36. The molecule has 8 aliphatic carbocycles. The molecule has 0 radical (unpaired) electrons. The van der Waals surface area contributed by atoms with Gasteiger partial charge in [0.1, 0.15) is 11.6 Å². The van der Waals surface area contributed by atoms with Crippen molar-refractivity contribution in [1.82, 2.24) is 0 Å². The van der Waals surface area contributed by atoms with Gasteiger partial charge in [-0.15, -0.1) is 0 Å². The Morgan fingerprint density at radius 2 is 0.957 bits per heavy atom. The van der Waals surface area contributed by atoms with Gasteiger partial charge in [0.15, 0.2) is 11.6 Å². The van der Waals surface area contributed by atoms with Crippen molar-refractivity contribution in [2.75, 3.05) is 0 Å². The van der Waals surface area contributed by atoms with E-state index in [4.69, 9.17) is 0 Å². The van der Waals surface area contributed by atoms with Crippen molar-refractivity contribution in [3.8, 4) is 0 Å². The van der Waals surface area contributed by atoms with Crippen LogP contribution in [0.25, 0.3) is 0 Å². The first-order chi connectivity index (χ1) is 21.7. The van der Waals surface area contributed by atoms with Crippen molar-refractivity contribution in [1.29, 1.82) is 0 Å². The maximum absolute atomic E-state index is 12.1. The average Bonchev–Trinajstić information content (AvgIpc) is 3.55. The van der Waals surface area contributed by atoms with E-state index in [0.717, 1.165) is 25.7 Å². The molecule has 0 aromatic carbocycles. The fourth-order valence-corrected chi connectivity index (χ4v) is 13.3. The molecule has 0 N–H and O–H groups in total. The molecule has 0 aromatic rings. The highest BCUT2D eigenvalue weighted by atomic mass is 16.1. The minimum absolute atomic E-state index is 0.170. The third-order valence-corrected chi connectivity index (χ3v) is 16.0. The maximum Gasteiger partial charge on any atom is 0.156 e. The zero-order valence-electron chi connectivity index (χ0n) is 29.2. The van der Waals surface area contributed by atoms with Crippen LogP contribution in [0.1, 0.15) is 119 Å². The summed E-state index contributed by atoms with van der Waals surface area (Å²) < 4.78 is 0. The molecule has 46 heavy (non-hydrogen) atoms. The Kier molecular flexibility index (Phi) is 7.76. The molecule has 0 amide bonds. The third kappa shape index (κ3) is 4.65. The van der Waals surface area contributed by atoms with Crippen molar-refractivity contribution in [3.63, 3.8) is 0 Å². The summed E-state index contributed by atoms with van der Waals surface area (Å²) in [4.78, 5) is 47.9. The van der Waals surface area contributed by atoms with E-state index in [2.05, 4.69) is 52.0 Å². The molecule has 0 saturated heterocycles. The summed E-state index contributed by atoms with van der Waals surface area (Å²) in [5.74, 6) is 5.65. The largest absolute Gasteiger partial charge is 0.300 e. The SMILES string of the molecule is CC(=O)[C@H]1CC[C@H]2[C@@H]3C=CC4=CC(=O)CC[C@@]4(C)[C@@H]3CC[C@]12C.CC(=O)[C@H]1CC[C@H]2[C@@H]3C=CC4=CC(=O)CC[C@@]4(C)[C@@H]3CC[C@]12C. The second-order valence-corrected chi connectivity index (χ2v) is 17.8. The second-order valence-electron chi connectivity index (χ2n) is 17.8. The number of allylic oxidation sites excluding steroid dienone is 8. The van der Waals surface area contributed by atoms with Crippen LogP contribution < -0.4 is 0 Å². The van der Waals surface area contributed by atoms with Crippen LogP contribution >= 0.6 is 0 Å². The Bertz CT molecular complexity index is 1370. The normalized spacial score (nSPS) is 48.3. The molecule has 0 heterocycles. The number of Topliss-reactive ketones (excluding diaryl/α,β-unsaturated/α-hetero) is 2. The fourth-order valence-electron chi connectivity index (χ4n) is 13.3. The molecule has 0 bridgehead atoms. The summed E-state index contributed by atoms with van der Waals surface area (Å²) in [6, 6.07) is 0. The number of ketones is 4. The molecule has 0 spiro atoms. The Morgan fingerprint density at radius 3 is 1.33 bits per heavy atom.